The number of carbonyl (C=O) groups excluding carboxylic acids is 3. The second kappa shape index (κ2) is 56.0. The van der Waals surface area contributed by atoms with Crippen molar-refractivity contribution in [3.05, 3.63) is 48.6 Å². The molecule has 0 saturated heterocycles. The van der Waals surface area contributed by atoms with Crippen molar-refractivity contribution in [3.8, 4) is 0 Å². The number of aliphatic hydroxyl groups excluding tert-OH is 2. The van der Waals surface area contributed by atoms with Gasteiger partial charge < -0.3 is 34.2 Å². The van der Waals surface area contributed by atoms with Gasteiger partial charge in [-0.3, -0.25) is 32.5 Å². The third-order valence-electron chi connectivity index (χ3n) is 13.0. The molecule has 0 aliphatic carbocycles. The van der Waals surface area contributed by atoms with Crippen molar-refractivity contribution in [2.75, 3.05) is 39.6 Å². The summed E-state index contributed by atoms with van der Waals surface area (Å²) in [7, 11) is -9.76. The van der Waals surface area contributed by atoms with Gasteiger partial charge in [0.2, 0.25) is 0 Å². The molecule has 5 atom stereocenters. The van der Waals surface area contributed by atoms with E-state index in [-0.39, 0.29) is 19.3 Å². The molecule has 0 amide bonds. The maximum Gasteiger partial charge on any atom is 0.472 e. The van der Waals surface area contributed by atoms with Crippen molar-refractivity contribution in [3.63, 3.8) is 0 Å². The van der Waals surface area contributed by atoms with Crippen molar-refractivity contribution in [1.29, 1.82) is 0 Å². The highest BCUT2D eigenvalue weighted by Gasteiger charge is 2.29. The van der Waals surface area contributed by atoms with Gasteiger partial charge >= 0.3 is 33.6 Å². The Bertz CT molecular complexity index is 1650. The van der Waals surface area contributed by atoms with Crippen LogP contribution in [0.15, 0.2) is 48.6 Å². The zero-order valence-electron chi connectivity index (χ0n) is 49.5. The maximum absolute atomic E-state index is 12.9. The van der Waals surface area contributed by atoms with Gasteiger partial charge in [0.1, 0.15) is 25.4 Å². The fourth-order valence-corrected chi connectivity index (χ4v) is 9.76. The Balaban J connectivity index is 4.70. The third-order valence-corrected chi connectivity index (χ3v) is 14.9. The van der Waals surface area contributed by atoms with E-state index in [4.69, 9.17) is 32.3 Å². The molecule has 0 saturated carbocycles. The van der Waals surface area contributed by atoms with Gasteiger partial charge in [-0.2, -0.15) is 0 Å². The van der Waals surface area contributed by atoms with Gasteiger partial charge in [0, 0.05) is 19.3 Å². The lowest BCUT2D eigenvalue weighted by atomic mass is 10.1. The van der Waals surface area contributed by atoms with Crippen molar-refractivity contribution < 1.29 is 75.8 Å². The monoisotopic (exact) mass is 1160 g/mol. The molecule has 4 N–H and O–H groups in total. The summed E-state index contributed by atoms with van der Waals surface area (Å²) in [4.78, 5) is 58.1. The summed E-state index contributed by atoms with van der Waals surface area (Å²) in [6.45, 7) is 2.58. The Kier molecular flexibility index (Phi) is 54.2. The number of hydrogen-bond acceptors (Lipinski definition) is 14. The fourth-order valence-electron chi connectivity index (χ4n) is 8.18. The zero-order valence-corrected chi connectivity index (χ0v) is 51.3. The van der Waals surface area contributed by atoms with Crippen molar-refractivity contribution >= 4 is 33.6 Å². The van der Waals surface area contributed by atoms with Gasteiger partial charge in [0.25, 0.3) is 0 Å². The predicted octanol–water partition coefficient (Wildman–Crippen LogP) is 16.1. The molecule has 0 fully saturated rings. The van der Waals surface area contributed by atoms with Crippen molar-refractivity contribution in [1.82, 2.24) is 0 Å². The molecule has 0 aromatic rings. The van der Waals surface area contributed by atoms with E-state index in [1.54, 1.807) is 0 Å². The van der Waals surface area contributed by atoms with E-state index in [1.165, 1.54) is 83.5 Å². The van der Waals surface area contributed by atoms with E-state index < -0.39 is 91.5 Å². The minimum atomic E-state index is -4.92. The van der Waals surface area contributed by atoms with Crippen LogP contribution in [0, 0.1) is 0 Å². The molecule has 462 valence electrons. The Morgan fingerprint density at radius 2 is 0.633 bits per heavy atom. The number of carbonyl (C=O) groups is 3. The number of phosphoric acid groups is 2. The topological polar surface area (TPSA) is 231 Å². The number of hydrogen-bond donors (Lipinski definition) is 4. The van der Waals surface area contributed by atoms with Gasteiger partial charge in [0.15, 0.2) is 6.10 Å². The van der Waals surface area contributed by atoms with Gasteiger partial charge in [0.05, 0.1) is 26.4 Å². The van der Waals surface area contributed by atoms with Crippen LogP contribution in [0.4, 0.5) is 0 Å². The first-order valence-electron chi connectivity index (χ1n) is 30.9. The van der Waals surface area contributed by atoms with Gasteiger partial charge in [-0.05, 0) is 103 Å². The first-order chi connectivity index (χ1) is 38.2. The Hall–Kier alpha value is -2.49. The molecule has 5 unspecified atom stereocenters. The highest BCUT2D eigenvalue weighted by molar-refractivity contribution is 7.47. The van der Waals surface area contributed by atoms with Crippen LogP contribution in [0.5, 0.6) is 0 Å². The molecular weight excluding hydrogens is 1050 g/mol. The van der Waals surface area contributed by atoms with Gasteiger partial charge in [-0.25, -0.2) is 9.13 Å². The predicted molar refractivity (Wildman–Crippen MR) is 316 cm³/mol. The highest BCUT2D eigenvalue weighted by atomic mass is 31.2. The molecule has 0 bridgehead atoms. The van der Waals surface area contributed by atoms with Crippen LogP contribution in [0.25, 0.3) is 0 Å². The lowest BCUT2D eigenvalue weighted by molar-refractivity contribution is -0.161. The molecule has 0 radical (unpaired) electrons. The van der Waals surface area contributed by atoms with E-state index in [1.807, 2.05) is 0 Å². The number of rotatable bonds is 59. The molecular formula is C61H112O16P2. The maximum atomic E-state index is 12.9. The van der Waals surface area contributed by atoms with Crippen molar-refractivity contribution in [2.45, 2.75) is 283 Å². The Labute approximate surface area is 478 Å². The lowest BCUT2D eigenvalue weighted by Crippen LogP contribution is -2.30. The summed E-state index contributed by atoms with van der Waals surface area (Å²) in [6.07, 6.45) is 51.7. The number of ether oxygens (including phenoxy) is 3. The lowest BCUT2D eigenvalue weighted by Gasteiger charge is -2.21. The molecule has 0 aliphatic heterocycles. The molecule has 18 heteroatoms. The molecule has 79 heavy (non-hydrogen) atoms. The first-order valence-corrected chi connectivity index (χ1v) is 33.9. The number of aliphatic hydroxyl groups is 2. The Morgan fingerprint density at radius 1 is 0.354 bits per heavy atom. The highest BCUT2D eigenvalue weighted by Crippen LogP contribution is 2.45. The number of phosphoric ester groups is 2. The molecule has 0 aromatic heterocycles. The van der Waals surface area contributed by atoms with Crippen LogP contribution in [0.3, 0.4) is 0 Å². The SMILES string of the molecule is CCCCC/C=C\C/C=C\CCCCCCCC(=O)OCC(O)COP(=O)(O)OCC(O)COP(=O)(O)OCC(COC(=O)CCCCCCC/C=C\CCCCCCCC)OC(=O)CCCCCCC/C=C\CCCCCC. The van der Waals surface area contributed by atoms with Crippen LogP contribution in [-0.4, -0.2) is 95.9 Å². The number of unbranched alkanes of at least 4 members (excludes halogenated alkanes) is 28. The molecule has 16 nitrogen and oxygen atoms in total. The van der Waals surface area contributed by atoms with E-state index in [0.717, 1.165) is 122 Å². The van der Waals surface area contributed by atoms with E-state index in [2.05, 4.69) is 69.4 Å². The second-order valence-electron chi connectivity index (χ2n) is 20.8. The number of esters is 3. The average molecular weight is 1160 g/mol. The first kappa shape index (κ1) is 76.5. The van der Waals surface area contributed by atoms with E-state index >= 15 is 0 Å². The summed E-state index contributed by atoms with van der Waals surface area (Å²) >= 11 is 0. The Morgan fingerprint density at radius 3 is 1.04 bits per heavy atom. The summed E-state index contributed by atoms with van der Waals surface area (Å²) in [5.41, 5.74) is 0. The molecule has 0 aliphatic rings. The van der Waals surface area contributed by atoms with Gasteiger partial charge in [-0.15, -0.1) is 0 Å². The molecule has 0 heterocycles. The quantitative estimate of drug-likeness (QED) is 0.0146. The number of allylic oxidation sites excluding steroid dienone is 8. The van der Waals surface area contributed by atoms with Crippen LogP contribution in [0.2, 0.25) is 0 Å². The van der Waals surface area contributed by atoms with E-state index in [9.17, 15) is 43.5 Å². The molecule has 0 aromatic carbocycles. The van der Waals surface area contributed by atoms with Crippen LogP contribution >= 0.6 is 15.6 Å². The third kappa shape index (κ3) is 57.1. The van der Waals surface area contributed by atoms with E-state index in [0.29, 0.717) is 19.3 Å². The second-order valence-corrected chi connectivity index (χ2v) is 23.8. The largest absolute Gasteiger partial charge is 0.472 e. The molecule has 0 spiro atoms. The van der Waals surface area contributed by atoms with Crippen LogP contribution in [-0.2, 0) is 55.8 Å². The van der Waals surface area contributed by atoms with Crippen molar-refractivity contribution in [2.24, 2.45) is 0 Å². The normalized spacial score (nSPS) is 14.8. The molecule has 0 rings (SSSR count). The zero-order chi connectivity index (χ0) is 58.2. The van der Waals surface area contributed by atoms with Crippen LogP contribution in [0.1, 0.15) is 265 Å². The van der Waals surface area contributed by atoms with Gasteiger partial charge in [-0.1, -0.05) is 191 Å². The smallest absolute Gasteiger partial charge is 0.463 e. The summed E-state index contributed by atoms with van der Waals surface area (Å²) in [5.74, 6) is -1.60. The standard InChI is InChI=1S/C61H112O16P2/c1-4-7-10-13-16-19-22-25-27-30-32-35-38-41-44-47-59(64)71-50-56(62)51-73-78(67,68)74-52-57(63)53-75-79(69,70)76-55-58(77-61(66)49-46-43-40-37-34-29-24-21-18-15-12-9-6-3)54-72-60(65)48-45-42-39-36-33-31-28-26-23-20-17-14-11-8-5-2/h16,19,21,24-28,56-58,62-63H,4-15,17-18,20,22-23,29-55H2,1-3H3,(H,67,68)(H,69,70)/b19-16-,24-21-,27-25-,28-26-. The minimum Gasteiger partial charge on any atom is -0.463 e. The summed E-state index contributed by atoms with van der Waals surface area (Å²) in [6, 6.07) is 0. The summed E-state index contributed by atoms with van der Waals surface area (Å²) < 4.78 is 60.6. The fraction of sp³-hybridized carbons (Fsp3) is 0.820. The minimum absolute atomic E-state index is 0.0958. The summed E-state index contributed by atoms with van der Waals surface area (Å²) in [5, 5.41) is 20.4. The average Bonchev–Trinajstić information content (AvgIpc) is 3.42. The van der Waals surface area contributed by atoms with Crippen LogP contribution < -0.4 is 0 Å².